The monoisotopic (exact) mass is 208 g/mol. The maximum atomic E-state index is 10.6. The molecule has 0 amide bonds. The molecule has 15 heavy (non-hydrogen) atoms. The largest absolute Gasteiger partial charge is 0.382 e. The van der Waals surface area contributed by atoms with Crippen LogP contribution >= 0.6 is 0 Å². The van der Waals surface area contributed by atoms with Crippen molar-refractivity contribution in [2.45, 2.75) is 51.7 Å². The minimum Gasteiger partial charge on any atom is -0.382 e. The van der Waals surface area contributed by atoms with Crippen molar-refractivity contribution in [1.82, 2.24) is 9.55 Å². The maximum absolute atomic E-state index is 10.6. The number of hydrogen-bond acceptors (Lipinski definition) is 2. The molecular weight excluding hydrogens is 188 g/mol. The van der Waals surface area contributed by atoms with E-state index in [9.17, 15) is 5.11 Å². The Bertz CT molecular complexity index is 330. The molecule has 0 aliphatic heterocycles. The zero-order chi connectivity index (χ0) is 10.9. The molecule has 1 aliphatic carbocycles. The van der Waals surface area contributed by atoms with Crippen molar-refractivity contribution in [3.8, 4) is 0 Å². The number of aryl methyl sites for hydroxylation is 1. The molecule has 0 saturated heterocycles. The van der Waals surface area contributed by atoms with Crippen LogP contribution in [0.1, 0.15) is 45.4 Å². The Kier molecular flexibility index (Phi) is 2.83. The first-order valence-electron chi connectivity index (χ1n) is 5.96. The smallest absolute Gasteiger partial charge is 0.141 e. The minimum absolute atomic E-state index is 0.431. The Hall–Kier alpha value is -0.830. The Morgan fingerprint density at radius 3 is 2.80 bits per heavy atom. The van der Waals surface area contributed by atoms with Crippen molar-refractivity contribution in [3.05, 3.63) is 18.2 Å². The highest BCUT2D eigenvalue weighted by Gasteiger charge is 2.46. The van der Waals surface area contributed by atoms with Gasteiger partial charge in [-0.25, -0.2) is 4.98 Å². The van der Waals surface area contributed by atoms with Gasteiger partial charge in [0.1, 0.15) is 11.4 Å². The number of imidazole rings is 1. The molecular formula is C12H20N2O. The summed E-state index contributed by atoms with van der Waals surface area (Å²) in [5, 5.41) is 10.6. The van der Waals surface area contributed by atoms with Gasteiger partial charge in [0.15, 0.2) is 0 Å². The first kappa shape index (κ1) is 10.7. The average molecular weight is 208 g/mol. The molecule has 1 heterocycles. The van der Waals surface area contributed by atoms with Gasteiger partial charge in [-0.2, -0.15) is 0 Å². The molecule has 3 nitrogen and oxygen atoms in total. The highest BCUT2D eigenvalue weighted by Crippen LogP contribution is 2.47. The van der Waals surface area contributed by atoms with Crippen LogP contribution in [-0.4, -0.2) is 14.7 Å². The lowest BCUT2D eigenvalue weighted by Gasteiger charge is -2.26. The third-order valence-corrected chi connectivity index (χ3v) is 3.36. The molecule has 1 atom stereocenters. The SMILES string of the molecule is CCCn1ccnc1C(O)(CC)C1CC1. The van der Waals surface area contributed by atoms with Crippen LogP contribution in [0.2, 0.25) is 0 Å². The second-order valence-electron chi connectivity index (χ2n) is 4.50. The van der Waals surface area contributed by atoms with Crippen LogP contribution in [-0.2, 0) is 12.1 Å². The van der Waals surface area contributed by atoms with Gasteiger partial charge in [-0.3, -0.25) is 0 Å². The van der Waals surface area contributed by atoms with Crippen LogP contribution in [0.3, 0.4) is 0 Å². The normalized spacial score (nSPS) is 20.2. The maximum Gasteiger partial charge on any atom is 0.141 e. The van der Waals surface area contributed by atoms with Crippen LogP contribution < -0.4 is 0 Å². The van der Waals surface area contributed by atoms with E-state index in [1.54, 1.807) is 6.20 Å². The third kappa shape index (κ3) is 1.81. The van der Waals surface area contributed by atoms with Gasteiger partial charge in [0.2, 0.25) is 0 Å². The standard InChI is InChI=1S/C12H20N2O/c1-3-8-14-9-7-13-11(14)12(15,4-2)10-5-6-10/h7,9-10,15H,3-6,8H2,1-2H3. The summed E-state index contributed by atoms with van der Waals surface area (Å²) in [6.07, 6.45) is 7.90. The molecule has 1 aromatic rings. The molecule has 1 aliphatic rings. The van der Waals surface area contributed by atoms with E-state index in [-0.39, 0.29) is 0 Å². The van der Waals surface area contributed by atoms with Gasteiger partial charge in [0, 0.05) is 18.9 Å². The minimum atomic E-state index is -0.682. The van der Waals surface area contributed by atoms with Gasteiger partial charge >= 0.3 is 0 Å². The summed E-state index contributed by atoms with van der Waals surface area (Å²) in [6.45, 7) is 5.14. The molecule has 1 N–H and O–H groups in total. The van der Waals surface area contributed by atoms with E-state index in [2.05, 4.69) is 16.5 Å². The highest BCUT2D eigenvalue weighted by molar-refractivity contribution is 5.10. The van der Waals surface area contributed by atoms with Crippen LogP contribution in [0.4, 0.5) is 0 Å². The summed E-state index contributed by atoms with van der Waals surface area (Å²) in [5.74, 6) is 1.30. The van der Waals surface area contributed by atoms with Crippen molar-refractivity contribution in [3.63, 3.8) is 0 Å². The Labute approximate surface area is 91.1 Å². The topological polar surface area (TPSA) is 38.0 Å². The Balaban J connectivity index is 2.28. The number of aliphatic hydroxyl groups is 1. The molecule has 0 aromatic carbocycles. The molecule has 1 saturated carbocycles. The van der Waals surface area contributed by atoms with Gasteiger partial charge in [0.25, 0.3) is 0 Å². The summed E-state index contributed by atoms with van der Waals surface area (Å²) in [4.78, 5) is 4.35. The summed E-state index contributed by atoms with van der Waals surface area (Å²) in [5.41, 5.74) is -0.682. The van der Waals surface area contributed by atoms with E-state index in [1.807, 2.05) is 13.1 Å². The van der Waals surface area contributed by atoms with Crippen molar-refractivity contribution < 1.29 is 5.11 Å². The zero-order valence-electron chi connectivity index (χ0n) is 9.61. The van der Waals surface area contributed by atoms with E-state index >= 15 is 0 Å². The molecule has 0 bridgehead atoms. The van der Waals surface area contributed by atoms with Gasteiger partial charge in [-0.05, 0) is 31.6 Å². The summed E-state index contributed by atoms with van der Waals surface area (Å²) >= 11 is 0. The van der Waals surface area contributed by atoms with Crippen molar-refractivity contribution in [2.75, 3.05) is 0 Å². The van der Waals surface area contributed by atoms with Crippen LogP contribution in [0.15, 0.2) is 12.4 Å². The zero-order valence-corrected chi connectivity index (χ0v) is 9.61. The van der Waals surface area contributed by atoms with Crippen LogP contribution in [0.25, 0.3) is 0 Å². The van der Waals surface area contributed by atoms with Gasteiger partial charge < -0.3 is 9.67 Å². The van der Waals surface area contributed by atoms with E-state index in [0.29, 0.717) is 5.92 Å². The molecule has 84 valence electrons. The molecule has 3 heteroatoms. The molecule has 0 spiro atoms. The number of nitrogens with zero attached hydrogens (tertiary/aromatic N) is 2. The Morgan fingerprint density at radius 2 is 2.27 bits per heavy atom. The molecule has 2 rings (SSSR count). The van der Waals surface area contributed by atoms with E-state index in [0.717, 1.165) is 38.1 Å². The molecule has 1 aromatic heterocycles. The predicted octanol–water partition coefficient (Wildman–Crippen LogP) is 2.30. The van der Waals surface area contributed by atoms with E-state index in [1.165, 1.54) is 0 Å². The van der Waals surface area contributed by atoms with Crippen LogP contribution in [0, 0.1) is 5.92 Å². The Morgan fingerprint density at radius 1 is 1.53 bits per heavy atom. The second kappa shape index (κ2) is 3.97. The summed E-state index contributed by atoms with van der Waals surface area (Å²) in [6, 6.07) is 0. The van der Waals surface area contributed by atoms with Gasteiger partial charge in [0.05, 0.1) is 0 Å². The highest BCUT2D eigenvalue weighted by atomic mass is 16.3. The second-order valence-corrected chi connectivity index (χ2v) is 4.50. The first-order valence-corrected chi connectivity index (χ1v) is 5.96. The fourth-order valence-electron chi connectivity index (χ4n) is 2.30. The lowest BCUT2D eigenvalue weighted by atomic mass is 9.93. The summed E-state index contributed by atoms with van der Waals surface area (Å²) < 4.78 is 2.10. The van der Waals surface area contributed by atoms with Crippen molar-refractivity contribution in [1.29, 1.82) is 0 Å². The predicted molar refractivity (Wildman–Crippen MR) is 59.4 cm³/mol. The third-order valence-electron chi connectivity index (χ3n) is 3.36. The van der Waals surface area contributed by atoms with E-state index in [4.69, 9.17) is 0 Å². The first-order chi connectivity index (χ1) is 7.22. The summed E-state index contributed by atoms with van der Waals surface area (Å²) in [7, 11) is 0. The van der Waals surface area contributed by atoms with Gasteiger partial charge in [-0.15, -0.1) is 0 Å². The molecule has 1 fully saturated rings. The van der Waals surface area contributed by atoms with E-state index < -0.39 is 5.60 Å². The van der Waals surface area contributed by atoms with Crippen LogP contribution in [0.5, 0.6) is 0 Å². The molecule has 0 radical (unpaired) electrons. The quantitative estimate of drug-likeness (QED) is 0.806. The number of rotatable bonds is 5. The fraction of sp³-hybridized carbons (Fsp3) is 0.750. The van der Waals surface area contributed by atoms with Gasteiger partial charge in [-0.1, -0.05) is 13.8 Å². The lowest BCUT2D eigenvalue weighted by Crippen LogP contribution is -2.31. The average Bonchev–Trinajstić information content (AvgIpc) is 3.00. The van der Waals surface area contributed by atoms with Crippen molar-refractivity contribution >= 4 is 0 Å². The fourth-order valence-corrected chi connectivity index (χ4v) is 2.30. The van der Waals surface area contributed by atoms with Crippen molar-refractivity contribution in [2.24, 2.45) is 5.92 Å². The number of aromatic nitrogens is 2. The lowest BCUT2D eigenvalue weighted by molar-refractivity contribution is -0.00321. The number of hydrogen-bond donors (Lipinski definition) is 1. The molecule has 1 unspecified atom stereocenters.